The molecule has 0 aromatic carbocycles. The second-order valence-electron chi connectivity index (χ2n) is 5.44. The van der Waals surface area contributed by atoms with E-state index in [0.29, 0.717) is 17.9 Å². The van der Waals surface area contributed by atoms with Crippen molar-refractivity contribution >= 4 is 5.91 Å². The summed E-state index contributed by atoms with van der Waals surface area (Å²) >= 11 is 0. The molecule has 0 aromatic rings. The van der Waals surface area contributed by atoms with Crippen molar-refractivity contribution in [3.05, 3.63) is 0 Å². The lowest BCUT2D eigenvalue weighted by Crippen LogP contribution is -2.54. The van der Waals surface area contributed by atoms with Crippen molar-refractivity contribution < 1.29 is 4.79 Å². The maximum absolute atomic E-state index is 12.2. The fraction of sp³-hybridized carbons (Fsp3) is 0.923. The van der Waals surface area contributed by atoms with Gasteiger partial charge in [-0.05, 0) is 31.6 Å². The number of likely N-dealkylation sites (tertiary alicyclic amines) is 1. The molecular weight excluding hydrogens is 200 g/mol. The van der Waals surface area contributed by atoms with Crippen LogP contribution >= 0.6 is 0 Å². The molecule has 0 saturated carbocycles. The Bertz CT molecular complexity index is 242. The summed E-state index contributed by atoms with van der Waals surface area (Å²) in [6.07, 6.45) is 2.99. The zero-order valence-corrected chi connectivity index (χ0v) is 11.1. The molecule has 0 radical (unpaired) electrons. The van der Waals surface area contributed by atoms with Gasteiger partial charge in [-0.2, -0.15) is 0 Å². The first-order valence-electron chi connectivity index (χ1n) is 6.53. The lowest BCUT2D eigenvalue weighted by Gasteiger charge is -2.42. The third-order valence-electron chi connectivity index (χ3n) is 3.80. The van der Waals surface area contributed by atoms with E-state index in [4.69, 9.17) is 5.73 Å². The van der Waals surface area contributed by atoms with E-state index in [2.05, 4.69) is 27.7 Å². The van der Waals surface area contributed by atoms with Crippen molar-refractivity contribution in [3.8, 4) is 0 Å². The molecule has 1 fully saturated rings. The second-order valence-corrected chi connectivity index (χ2v) is 5.44. The smallest absolute Gasteiger partial charge is 0.239 e. The Labute approximate surface area is 99.4 Å². The summed E-state index contributed by atoms with van der Waals surface area (Å²) in [6, 6.07) is 0.0385. The highest BCUT2D eigenvalue weighted by Gasteiger charge is 2.33. The highest BCUT2D eigenvalue weighted by molar-refractivity contribution is 5.82. The third-order valence-corrected chi connectivity index (χ3v) is 3.80. The summed E-state index contributed by atoms with van der Waals surface area (Å²) in [6.45, 7) is 9.53. The van der Waals surface area contributed by atoms with Gasteiger partial charge in [0.25, 0.3) is 0 Å². The average molecular weight is 226 g/mol. The molecule has 0 spiro atoms. The number of hydrogen-bond acceptors (Lipinski definition) is 2. The zero-order chi connectivity index (χ0) is 12.3. The Hall–Kier alpha value is -0.570. The van der Waals surface area contributed by atoms with Crippen LogP contribution in [0.5, 0.6) is 0 Å². The molecule has 0 bridgehead atoms. The predicted molar refractivity (Wildman–Crippen MR) is 67.0 cm³/mol. The summed E-state index contributed by atoms with van der Waals surface area (Å²) in [4.78, 5) is 14.2. The van der Waals surface area contributed by atoms with Gasteiger partial charge in [0.15, 0.2) is 0 Å². The quantitative estimate of drug-likeness (QED) is 0.800. The van der Waals surface area contributed by atoms with Gasteiger partial charge in [-0.3, -0.25) is 4.79 Å². The molecule has 0 aliphatic carbocycles. The van der Waals surface area contributed by atoms with Crippen molar-refractivity contribution in [1.29, 1.82) is 0 Å². The molecule has 16 heavy (non-hydrogen) atoms. The Balaban J connectivity index is 2.66. The summed E-state index contributed by atoms with van der Waals surface area (Å²) < 4.78 is 0. The molecule has 3 nitrogen and oxygen atoms in total. The minimum atomic E-state index is -0.301. The van der Waals surface area contributed by atoms with Gasteiger partial charge in [-0.15, -0.1) is 0 Å². The first-order chi connectivity index (χ1) is 7.47. The normalized spacial score (nSPS) is 32.6. The highest BCUT2D eigenvalue weighted by atomic mass is 16.2. The van der Waals surface area contributed by atoms with Gasteiger partial charge < -0.3 is 10.6 Å². The van der Waals surface area contributed by atoms with Gasteiger partial charge >= 0.3 is 0 Å². The highest BCUT2D eigenvalue weighted by Crippen LogP contribution is 2.27. The van der Waals surface area contributed by atoms with Crippen molar-refractivity contribution in [2.45, 2.75) is 59.0 Å². The number of piperidine rings is 1. The van der Waals surface area contributed by atoms with Crippen LogP contribution in [-0.2, 0) is 4.79 Å². The zero-order valence-electron chi connectivity index (χ0n) is 11.1. The van der Waals surface area contributed by atoms with Crippen LogP contribution in [0.4, 0.5) is 0 Å². The number of amides is 1. The van der Waals surface area contributed by atoms with E-state index in [0.717, 1.165) is 19.4 Å². The number of carbonyl (C=O) groups is 1. The van der Waals surface area contributed by atoms with E-state index < -0.39 is 0 Å². The Morgan fingerprint density at radius 3 is 2.62 bits per heavy atom. The summed E-state index contributed by atoms with van der Waals surface area (Å²) in [5, 5.41) is 0. The number of hydrogen-bond donors (Lipinski definition) is 1. The largest absolute Gasteiger partial charge is 0.338 e. The van der Waals surface area contributed by atoms with Crippen LogP contribution in [0.25, 0.3) is 0 Å². The molecule has 1 amide bonds. The van der Waals surface area contributed by atoms with E-state index >= 15 is 0 Å². The van der Waals surface area contributed by atoms with Crippen LogP contribution in [0, 0.1) is 11.8 Å². The molecule has 3 heteroatoms. The van der Waals surface area contributed by atoms with Crippen molar-refractivity contribution in [2.24, 2.45) is 17.6 Å². The first kappa shape index (κ1) is 13.5. The van der Waals surface area contributed by atoms with Crippen molar-refractivity contribution in [3.63, 3.8) is 0 Å². The van der Waals surface area contributed by atoms with Gasteiger partial charge in [-0.25, -0.2) is 0 Å². The Morgan fingerprint density at radius 1 is 1.44 bits per heavy atom. The van der Waals surface area contributed by atoms with Gasteiger partial charge in [0.1, 0.15) is 0 Å². The number of nitrogens with two attached hydrogens (primary N) is 1. The summed E-state index contributed by atoms with van der Waals surface area (Å²) in [5.74, 6) is 1.33. The number of carbonyl (C=O) groups excluding carboxylic acids is 1. The van der Waals surface area contributed by atoms with Gasteiger partial charge in [0, 0.05) is 12.6 Å². The summed E-state index contributed by atoms with van der Waals surface area (Å²) in [7, 11) is 0. The molecule has 94 valence electrons. The molecule has 1 aliphatic rings. The molecule has 1 saturated heterocycles. The monoisotopic (exact) mass is 226 g/mol. The maximum atomic E-state index is 12.2. The lowest BCUT2D eigenvalue weighted by molar-refractivity contribution is -0.138. The topological polar surface area (TPSA) is 46.3 Å². The minimum absolute atomic E-state index is 0.146. The van der Waals surface area contributed by atoms with E-state index in [1.807, 2.05) is 4.90 Å². The molecular formula is C13H26N2O. The van der Waals surface area contributed by atoms with Crippen LogP contribution in [0.1, 0.15) is 47.0 Å². The Kier molecular flexibility index (Phi) is 4.78. The molecule has 4 atom stereocenters. The fourth-order valence-corrected chi connectivity index (χ4v) is 2.65. The van der Waals surface area contributed by atoms with Gasteiger partial charge in [0.05, 0.1) is 6.04 Å². The molecule has 1 rings (SSSR count). The molecule has 2 N–H and O–H groups in total. The van der Waals surface area contributed by atoms with E-state index in [1.54, 1.807) is 0 Å². The summed E-state index contributed by atoms with van der Waals surface area (Å²) in [5.41, 5.74) is 5.92. The van der Waals surface area contributed by atoms with Crippen LogP contribution < -0.4 is 5.73 Å². The van der Waals surface area contributed by atoms with Crippen molar-refractivity contribution in [1.82, 2.24) is 4.90 Å². The fourth-order valence-electron chi connectivity index (χ4n) is 2.65. The van der Waals surface area contributed by atoms with Gasteiger partial charge in [-0.1, -0.05) is 27.2 Å². The molecule has 0 aromatic heterocycles. The molecule has 1 aliphatic heterocycles. The number of rotatable bonds is 3. The SMILES string of the molecule is CCCC(N)C(=O)N1CC(C)CC(C)C1C. The standard InChI is InChI=1S/C13H26N2O/c1-5-6-12(14)13(16)15-8-9(2)7-10(3)11(15)4/h9-12H,5-8,14H2,1-4H3. The van der Waals surface area contributed by atoms with Crippen LogP contribution in [-0.4, -0.2) is 29.4 Å². The van der Waals surface area contributed by atoms with E-state index in [-0.39, 0.29) is 11.9 Å². The maximum Gasteiger partial charge on any atom is 0.239 e. The van der Waals surface area contributed by atoms with Crippen molar-refractivity contribution in [2.75, 3.05) is 6.54 Å². The van der Waals surface area contributed by atoms with E-state index in [1.165, 1.54) is 6.42 Å². The minimum Gasteiger partial charge on any atom is -0.338 e. The van der Waals surface area contributed by atoms with Crippen LogP contribution in [0.15, 0.2) is 0 Å². The van der Waals surface area contributed by atoms with Gasteiger partial charge in [0.2, 0.25) is 5.91 Å². The molecule has 4 unspecified atom stereocenters. The predicted octanol–water partition coefficient (Wildman–Crippen LogP) is 2.01. The average Bonchev–Trinajstić information content (AvgIpc) is 2.22. The van der Waals surface area contributed by atoms with Crippen LogP contribution in [0.2, 0.25) is 0 Å². The third kappa shape index (κ3) is 2.97. The van der Waals surface area contributed by atoms with Crippen LogP contribution in [0.3, 0.4) is 0 Å². The molecule has 1 heterocycles. The second kappa shape index (κ2) is 5.67. The Morgan fingerprint density at radius 2 is 2.06 bits per heavy atom. The number of nitrogens with zero attached hydrogens (tertiary/aromatic N) is 1. The lowest BCUT2D eigenvalue weighted by atomic mass is 9.85. The van der Waals surface area contributed by atoms with E-state index in [9.17, 15) is 4.79 Å². The first-order valence-corrected chi connectivity index (χ1v) is 6.53.